The largest absolute Gasteiger partial charge is 0.486 e. The third kappa shape index (κ3) is 2.92. The van der Waals surface area contributed by atoms with Crippen molar-refractivity contribution < 1.29 is 4.74 Å². The average Bonchev–Trinajstić information content (AvgIpc) is 2.95. The summed E-state index contributed by atoms with van der Waals surface area (Å²) < 4.78 is 7.93. The van der Waals surface area contributed by atoms with Gasteiger partial charge in [0.25, 0.3) is 0 Å². The summed E-state index contributed by atoms with van der Waals surface area (Å²) in [5.41, 5.74) is 6.45. The molecule has 0 amide bonds. The van der Waals surface area contributed by atoms with Crippen LogP contribution < -0.4 is 10.5 Å². The molecule has 2 aromatic rings. The molecule has 0 unspecified atom stereocenters. The Labute approximate surface area is 118 Å². The Kier molecular flexibility index (Phi) is 3.85. The van der Waals surface area contributed by atoms with Crippen molar-refractivity contribution in [1.29, 1.82) is 0 Å². The predicted molar refractivity (Wildman–Crippen MR) is 77.3 cm³/mol. The van der Waals surface area contributed by atoms with Crippen LogP contribution in [0.3, 0.4) is 0 Å². The number of nitrogen functional groups attached to an aromatic ring is 1. The van der Waals surface area contributed by atoms with Gasteiger partial charge in [-0.15, -0.1) is 10.2 Å². The zero-order valence-corrected chi connectivity index (χ0v) is 11.5. The Balaban J connectivity index is 1.67. The van der Waals surface area contributed by atoms with Crippen molar-refractivity contribution in [2.24, 2.45) is 0 Å². The van der Waals surface area contributed by atoms with Gasteiger partial charge in [-0.05, 0) is 25.0 Å². The first kappa shape index (κ1) is 13.0. The normalized spacial score (nSPS) is 16.2. The quantitative estimate of drug-likeness (QED) is 0.869. The molecule has 1 aromatic heterocycles. The van der Waals surface area contributed by atoms with E-state index >= 15 is 0 Å². The lowest BCUT2D eigenvalue weighted by Crippen LogP contribution is -2.16. The van der Waals surface area contributed by atoms with E-state index in [0.717, 1.165) is 11.6 Å². The van der Waals surface area contributed by atoms with E-state index in [1.54, 1.807) is 0 Å². The molecule has 0 atom stereocenters. The Hall–Kier alpha value is -2.04. The summed E-state index contributed by atoms with van der Waals surface area (Å²) in [6, 6.07) is 7.98. The maximum absolute atomic E-state index is 5.76. The van der Waals surface area contributed by atoms with Crippen LogP contribution in [0.2, 0.25) is 0 Å². The SMILES string of the molecule is Nc1cccc(OCc2nncn2C2CCCCC2)c1. The molecule has 5 heteroatoms. The van der Waals surface area contributed by atoms with E-state index in [9.17, 15) is 0 Å². The molecule has 1 fully saturated rings. The van der Waals surface area contributed by atoms with Gasteiger partial charge in [-0.25, -0.2) is 0 Å². The van der Waals surface area contributed by atoms with Crippen molar-refractivity contribution in [2.75, 3.05) is 5.73 Å². The summed E-state index contributed by atoms with van der Waals surface area (Å²) in [5.74, 6) is 1.66. The molecule has 1 saturated carbocycles. The molecule has 1 aliphatic rings. The molecule has 1 heterocycles. The highest BCUT2D eigenvalue weighted by Crippen LogP contribution is 2.28. The second-order valence-electron chi connectivity index (χ2n) is 5.31. The fourth-order valence-electron chi connectivity index (χ4n) is 2.79. The van der Waals surface area contributed by atoms with Crippen molar-refractivity contribution in [3.05, 3.63) is 36.4 Å². The van der Waals surface area contributed by atoms with Crippen LogP contribution in [-0.4, -0.2) is 14.8 Å². The van der Waals surface area contributed by atoms with Crippen molar-refractivity contribution in [1.82, 2.24) is 14.8 Å². The van der Waals surface area contributed by atoms with E-state index in [0.29, 0.717) is 18.3 Å². The van der Waals surface area contributed by atoms with Crippen LogP contribution in [0.1, 0.15) is 44.0 Å². The lowest BCUT2D eigenvalue weighted by atomic mass is 9.95. The van der Waals surface area contributed by atoms with Gasteiger partial charge >= 0.3 is 0 Å². The smallest absolute Gasteiger partial charge is 0.171 e. The number of nitrogens with two attached hydrogens (primary N) is 1. The van der Waals surface area contributed by atoms with E-state index in [1.807, 2.05) is 30.6 Å². The van der Waals surface area contributed by atoms with Gasteiger partial charge < -0.3 is 15.0 Å². The Morgan fingerprint density at radius 2 is 2.10 bits per heavy atom. The summed E-state index contributed by atoms with van der Waals surface area (Å²) >= 11 is 0. The molecule has 20 heavy (non-hydrogen) atoms. The molecule has 106 valence electrons. The minimum absolute atomic E-state index is 0.431. The summed E-state index contributed by atoms with van der Waals surface area (Å²) in [5, 5.41) is 8.22. The second-order valence-corrected chi connectivity index (χ2v) is 5.31. The summed E-state index contributed by atoms with van der Waals surface area (Å²) in [4.78, 5) is 0. The number of benzene rings is 1. The molecule has 1 aromatic carbocycles. The van der Waals surface area contributed by atoms with Crippen molar-refractivity contribution in [2.45, 2.75) is 44.8 Å². The van der Waals surface area contributed by atoms with Gasteiger partial charge in [-0.2, -0.15) is 0 Å². The number of nitrogens with zero attached hydrogens (tertiary/aromatic N) is 3. The Morgan fingerprint density at radius 3 is 2.90 bits per heavy atom. The van der Waals surface area contributed by atoms with Crippen molar-refractivity contribution >= 4 is 5.69 Å². The summed E-state index contributed by atoms with van der Waals surface area (Å²) in [6.07, 6.45) is 8.17. The van der Waals surface area contributed by atoms with E-state index in [2.05, 4.69) is 14.8 Å². The van der Waals surface area contributed by atoms with Gasteiger partial charge in [-0.1, -0.05) is 25.3 Å². The van der Waals surface area contributed by atoms with Gasteiger partial charge in [0.1, 0.15) is 18.7 Å². The first-order valence-corrected chi connectivity index (χ1v) is 7.19. The lowest BCUT2D eigenvalue weighted by Gasteiger charge is -2.23. The molecule has 0 saturated heterocycles. The maximum atomic E-state index is 5.76. The predicted octanol–water partition coefficient (Wildman–Crippen LogP) is 2.94. The minimum atomic E-state index is 0.431. The molecule has 1 aliphatic carbocycles. The molecule has 2 N–H and O–H groups in total. The third-order valence-corrected chi connectivity index (χ3v) is 3.84. The fraction of sp³-hybridized carbons (Fsp3) is 0.467. The van der Waals surface area contributed by atoms with E-state index < -0.39 is 0 Å². The molecule has 0 radical (unpaired) electrons. The molecular formula is C15H20N4O. The van der Waals surface area contributed by atoms with Crippen molar-refractivity contribution in [3.63, 3.8) is 0 Å². The lowest BCUT2D eigenvalue weighted by molar-refractivity contribution is 0.271. The van der Waals surface area contributed by atoms with Crippen LogP contribution >= 0.6 is 0 Å². The van der Waals surface area contributed by atoms with Crippen molar-refractivity contribution in [3.8, 4) is 5.75 Å². The maximum Gasteiger partial charge on any atom is 0.171 e. The number of aromatic nitrogens is 3. The second kappa shape index (κ2) is 5.94. The summed E-state index contributed by atoms with van der Waals surface area (Å²) in [6.45, 7) is 0.431. The first-order valence-electron chi connectivity index (χ1n) is 7.19. The van der Waals surface area contributed by atoms with Crippen LogP contribution in [0.15, 0.2) is 30.6 Å². The molecular weight excluding hydrogens is 252 g/mol. The summed E-state index contributed by atoms with van der Waals surface area (Å²) in [7, 11) is 0. The molecule has 5 nitrogen and oxygen atoms in total. The van der Waals surface area contributed by atoms with E-state index in [4.69, 9.17) is 10.5 Å². The van der Waals surface area contributed by atoms with Gasteiger partial charge in [0.15, 0.2) is 5.82 Å². The number of anilines is 1. The zero-order valence-electron chi connectivity index (χ0n) is 11.5. The number of ether oxygens (including phenoxy) is 1. The van der Waals surface area contributed by atoms with Crippen LogP contribution in [0.25, 0.3) is 0 Å². The van der Waals surface area contributed by atoms with Crippen LogP contribution in [0, 0.1) is 0 Å². The minimum Gasteiger partial charge on any atom is -0.486 e. The first-order chi connectivity index (χ1) is 9.83. The van der Waals surface area contributed by atoms with Gasteiger partial charge in [-0.3, -0.25) is 0 Å². The number of rotatable bonds is 4. The zero-order chi connectivity index (χ0) is 13.8. The molecule has 0 bridgehead atoms. The van der Waals surface area contributed by atoms with Gasteiger partial charge in [0.2, 0.25) is 0 Å². The topological polar surface area (TPSA) is 66.0 Å². The van der Waals surface area contributed by atoms with Gasteiger partial charge in [0, 0.05) is 17.8 Å². The molecule has 0 spiro atoms. The van der Waals surface area contributed by atoms with E-state index in [-0.39, 0.29) is 0 Å². The Morgan fingerprint density at radius 1 is 1.25 bits per heavy atom. The standard InChI is InChI=1S/C15H20N4O/c16-12-5-4-8-14(9-12)20-10-15-18-17-11-19(15)13-6-2-1-3-7-13/h4-5,8-9,11,13H,1-3,6-7,10,16H2. The Bertz CT molecular complexity index is 561. The number of hydrogen-bond acceptors (Lipinski definition) is 4. The molecule has 0 aliphatic heterocycles. The monoisotopic (exact) mass is 272 g/mol. The van der Waals surface area contributed by atoms with E-state index in [1.165, 1.54) is 32.1 Å². The highest BCUT2D eigenvalue weighted by atomic mass is 16.5. The average molecular weight is 272 g/mol. The molecule has 3 rings (SSSR count). The fourth-order valence-corrected chi connectivity index (χ4v) is 2.79. The third-order valence-electron chi connectivity index (χ3n) is 3.84. The van der Waals surface area contributed by atoms with Crippen LogP contribution in [-0.2, 0) is 6.61 Å². The van der Waals surface area contributed by atoms with Crippen LogP contribution in [0.4, 0.5) is 5.69 Å². The highest BCUT2D eigenvalue weighted by molar-refractivity contribution is 5.43. The van der Waals surface area contributed by atoms with Crippen LogP contribution in [0.5, 0.6) is 5.75 Å². The van der Waals surface area contributed by atoms with Gasteiger partial charge in [0.05, 0.1) is 0 Å². The number of hydrogen-bond donors (Lipinski definition) is 1. The highest BCUT2D eigenvalue weighted by Gasteiger charge is 2.18.